The van der Waals surface area contributed by atoms with Crippen LogP contribution >= 0.6 is 31.9 Å². The molecule has 5 heteroatoms. The molecule has 1 N–H and O–H groups in total. The number of halogens is 4. The van der Waals surface area contributed by atoms with Gasteiger partial charge in [-0.2, -0.15) is 0 Å². The summed E-state index contributed by atoms with van der Waals surface area (Å²) in [6, 6.07) is 9.52. The summed E-state index contributed by atoms with van der Waals surface area (Å²) < 4.78 is 28.7. The first-order chi connectivity index (χ1) is 9.31. The van der Waals surface area contributed by atoms with Gasteiger partial charge in [0.05, 0.1) is 10.1 Å². The third-order valence-corrected chi connectivity index (χ3v) is 4.21. The summed E-state index contributed by atoms with van der Waals surface area (Å²) >= 11 is 6.34. The first kappa shape index (κ1) is 15.6. The largest absolute Gasteiger partial charge is 0.385 e. The van der Waals surface area contributed by atoms with E-state index in [2.05, 4.69) is 31.9 Å². The molecule has 106 valence electrons. The van der Waals surface area contributed by atoms with Crippen LogP contribution in [0.3, 0.4) is 0 Å². The predicted molar refractivity (Wildman–Crippen MR) is 81.5 cm³/mol. The van der Waals surface area contributed by atoms with E-state index in [1.165, 1.54) is 19.1 Å². The van der Waals surface area contributed by atoms with Crippen molar-refractivity contribution in [3.63, 3.8) is 0 Å². The second kappa shape index (κ2) is 5.92. The van der Waals surface area contributed by atoms with E-state index in [4.69, 9.17) is 0 Å². The van der Waals surface area contributed by atoms with Crippen LogP contribution in [0.1, 0.15) is 18.1 Å². The van der Waals surface area contributed by atoms with Crippen molar-refractivity contribution in [2.75, 3.05) is 0 Å². The van der Waals surface area contributed by atoms with Crippen molar-refractivity contribution in [2.24, 2.45) is 0 Å². The maximum Gasteiger partial charge on any atom is 0.143 e. The van der Waals surface area contributed by atoms with Crippen molar-refractivity contribution < 1.29 is 13.9 Å². The minimum absolute atomic E-state index is 0.135. The third kappa shape index (κ3) is 3.27. The lowest BCUT2D eigenvalue weighted by Gasteiger charge is -2.25. The quantitative estimate of drug-likeness (QED) is 0.717. The van der Waals surface area contributed by atoms with Gasteiger partial charge in [-0.05, 0) is 52.7 Å². The molecule has 0 fully saturated rings. The predicted octanol–water partition coefficient (Wildman–Crippen LogP) is 4.94. The number of benzene rings is 2. The molecule has 0 aliphatic carbocycles. The first-order valence-corrected chi connectivity index (χ1v) is 7.50. The smallest absolute Gasteiger partial charge is 0.143 e. The van der Waals surface area contributed by atoms with Crippen LogP contribution in [-0.4, -0.2) is 5.11 Å². The van der Waals surface area contributed by atoms with Gasteiger partial charge in [0.2, 0.25) is 0 Å². The summed E-state index contributed by atoms with van der Waals surface area (Å²) in [7, 11) is 0. The Morgan fingerprint density at radius 1 is 1.15 bits per heavy atom. The second-order valence-electron chi connectivity index (χ2n) is 4.78. The molecule has 0 heterocycles. The van der Waals surface area contributed by atoms with Crippen LogP contribution < -0.4 is 0 Å². The minimum Gasteiger partial charge on any atom is -0.385 e. The highest BCUT2D eigenvalue weighted by Gasteiger charge is 2.27. The van der Waals surface area contributed by atoms with Crippen LogP contribution in [0, 0.1) is 11.6 Å². The van der Waals surface area contributed by atoms with Gasteiger partial charge in [-0.3, -0.25) is 0 Å². The zero-order chi connectivity index (χ0) is 14.9. The molecule has 2 aromatic carbocycles. The highest BCUT2D eigenvalue weighted by molar-refractivity contribution is 9.10. The van der Waals surface area contributed by atoms with E-state index >= 15 is 0 Å². The van der Waals surface area contributed by atoms with E-state index in [0.29, 0.717) is 5.56 Å². The summed E-state index contributed by atoms with van der Waals surface area (Å²) in [5.74, 6) is -1.35. The lowest BCUT2D eigenvalue weighted by Crippen LogP contribution is -2.25. The first-order valence-electron chi connectivity index (χ1n) is 5.92. The molecule has 0 amide bonds. The molecule has 2 rings (SSSR count). The van der Waals surface area contributed by atoms with Gasteiger partial charge in [0.25, 0.3) is 0 Å². The molecule has 1 atom stereocenters. The number of rotatable bonds is 3. The fraction of sp³-hybridized carbons (Fsp3) is 0.200. The average Bonchev–Trinajstić information content (AvgIpc) is 2.39. The van der Waals surface area contributed by atoms with Crippen LogP contribution in [-0.2, 0) is 12.0 Å². The molecular formula is C15H12Br2F2O. The molecule has 0 bridgehead atoms. The van der Waals surface area contributed by atoms with Crippen molar-refractivity contribution >= 4 is 31.9 Å². The zero-order valence-electron chi connectivity index (χ0n) is 10.6. The van der Waals surface area contributed by atoms with Gasteiger partial charge >= 0.3 is 0 Å². The Balaban J connectivity index is 2.40. The molecule has 20 heavy (non-hydrogen) atoms. The molecule has 0 spiro atoms. The topological polar surface area (TPSA) is 20.2 Å². The number of aliphatic hydroxyl groups is 1. The van der Waals surface area contributed by atoms with Crippen molar-refractivity contribution in [3.8, 4) is 0 Å². The molecule has 0 saturated heterocycles. The summed E-state index contributed by atoms with van der Waals surface area (Å²) in [5.41, 5.74) is -0.915. The Kier molecular flexibility index (Phi) is 4.62. The Hall–Kier alpha value is -0.780. The molecule has 2 aromatic rings. The van der Waals surface area contributed by atoms with E-state index in [9.17, 15) is 13.9 Å². The van der Waals surface area contributed by atoms with Gasteiger partial charge in [-0.15, -0.1) is 0 Å². The van der Waals surface area contributed by atoms with Gasteiger partial charge in [-0.25, -0.2) is 8.78 Å². The van der Waals surface area contributed by atoms with Gasteiger partial charge < -0.3 is 5.11 Å². The Morgan fingerprint density at radius 2 is 1.85 bits per heavy atom. The van der Waals surface area contributed by atoms with E-state index in [0.717, 1.165) is 4.47 Å². The number of hydrogen-bond acceptors (Lipinski definition) is 1. The number of hydrogen-bond donors (Lipinski definition) is 1. The highest BCUT2D eigenvalue weighted by Crippen LogP contribution is 2.31. The Morgan fingerprint density at radius 3 is 2.50 bits per heavy atom. The Bertz CT molecular complexity index is 642. The lowest BCUT2D eigenvalue weighted by molar-refractivity contribution is 0.0556. The van der Waals surface area contributed by atoms with Crippen molar-refractivity contribution in [3.05, 3.63) is 68.1 Å². The summed E-state index contributed by atoms with van der Waals surface area (Å²) in [6.45, 7) is 1.54. The van der Waals surface area contributed by atoms with E-state index < -0.39 is 17.2 Å². The van der Waals surface area contributed by atoms with Gasteiger partial charge in [0.15, 0.2) is 0 Å². The van der Waals surface area contributed by atoms with Gasteiger partial charge in [0.1, 0.15) is 11.6 Å². The summed E-state index contributed by atoms with van der Waals surface area (Å²) in [5, 5.41) is 10.5. The van der Waals surface area contributed by atoms with Crippen LogP contribution in [0.4, 0.5) is 8.78 Å². The highest BCUT2D eigenvalue weighted by atomic mass is 79.9. The van der Waals surface area contributed by atoms with E-state index in [-0.39, 0.29) is 16.5 Å². The van der Waals surface area contributed by atoms with Crippen LogP contribution in [0.5, 0.6) is 0 Å². The summed E-state index contributed by atoms with van der Waals surface area (Å²) in [6.07, 6.45) is -0.152. The van der Waals surface area contributed by atoms with E-state index in [1.54, 1.807) is 18.2 Å². The maximum atomic E-state index is 14.0. The standard InChI is InChI=1S/C15H12Br2F2O/c1-15(20,9-3-2-4-10(16)7-9)8-11-13(18)6-5-12(17)14(11)19/h2-7,20H,8H2,1H3. The molecule has 0 saturated carbocycles. The SMILES string of the molecule is CC(O)(Cc1c(F)ccc(Br)c1F)c1cccc(Br)c1. The maximum absolute atomic E-state index is 14.0. The van der Waals surface area contributed by atoms with E-state index in [1.807, 2.05) is 6.07 Å². The normalized spacial score (nSPS) is 14.1. The molecule has 0 aliphatic heterocycles. The molecule has 1 nitrogen and oxygen atoms in total. The van der Waals surface area contributed by atoms with Crippen molar-refractivity contribution in [1.29, 1.82) is 0 Å². The van der Waals surface area contributed by atoms with Gasteiger partial charge in [-0.1, -0.05) is 28.1 Å². The Labute approximate surface area is 132 Å². The average molecular weight is 406 g/mol. The third-order valence-electron chi connectivity index (χ3n) is 3.11. The minimum atomic E-state index is -1.37. The molecule has 0 aromatic heterocycles. The van der Waals surface area contributed by atoms with Crippen LogP contribution in [0.15, 0.2) is 45.3 Å². The van der Waals surface area contributed by atoms with Gasteiger partial charge in [0, 0.05) is 16.5 Å². The second-order valence-corrected chi connectivity index (χ2v) is 6.55. The molecule has 0 aliphatic rings. The fourth-order valence-corrected chi connectivity index (χ4v) is 2.77. The lowest BCUT2D eigenvalue weighted by atomic mass is 9.89. The van der Waals surface area contributed by atoms with Crippen molar-refractivity contribution in [2.45, 2.75) is 18.9 Å². The molecule has 0 radical (unpaired) electrons. The fourth-order valence-electron chi connectivity index (χ4n) is 2.00. The molecule has 1 unspecified atom stereocenters. The zero-order valence-corrected chi connectivity index (χ0v) is 13.8. The monoisotopic (exact) mass is 404 g/mol. The van der Waals surface area contributed by atoms with Crippen LogP contribution in [0.2, 0.25) is 0 Å². The van der Waals surface area contributed by atoms with Crippen LogP contribution in [0.25, 0.3) is 0 Å². The molecular weight excluding hydrogens is 394 g/mol. The summed E-state index contributed by atoms with van der Waals surface area (Å²) in [4.78, 5) is 0. The van der Waals surface area contributed by atoms with Crippen molar-refractivity contribution in [1.82, 2.24) is 0 Å².